The van der Waals surface area contributed by atoms with E-state index < -0.39 is 0 Å². The van der Waals surface area contributed by atoms with E-state index in [-0.39, 0.29) is 0 Å². The van der Waals surface area contributed by atoms with E-state index in [9.17, 15) is 0 Å². The van der Waals surface area contributed by atoms with Gasteiger partial charge < -0.3 is 15.5 Å². The second kappa shape index (κ2) is 5.74. The molecule has 0 amide bonds. The Kier molecular flexibility index (Phi) is 3.99. The van der Waals surface area contributed by atoms with Crippen LogP contribution in [-0.2, 0) is 6.54 Å². The highest BCUT2D eigenvalue weighted by Gasteiger charge is 2.34. The van der Waals surface area contributed by atoms with Gasteiger partial charge in [0.1, 0.15) is 0 Å². The van der Waals surface area contributed by atoms with Crippen molar-refractivity contribution in [3.63, 3.8) is 0 Å². The van der Waals surface area contributed by atoms with Crippen LogP contribution in [0.3, 0.4) is 0 Å². The lowest BCUT2D eigenvalue weighted by atomic mass is 9.84. The average molecular weight is 273 g/mol. The molecule has 3 rings (SSSR count). The van der Waals surface area contributed by atoms with Crippen LogP contribution in [0.1, 0.15) is 30.4 Å². The summed E-state index contributed by atoms with van der Waals surface area (Å²) in [7, 11) is 2.30. The molecule has 1 aromatic rings. The summed E-state index contributed by atoms with van der Waals surface area (Å²) in [6.07, 6.45) is 4.06. The summed E-state index contributed by atoms with van der Waals surface area (Å²) < 4.78 is 0. The molecule has 2 heterocycles. The summed E-state index contributed by atoms with van der Waals surface area (Å²) in [6, 6.07) is 7.50. The fourth-order valence-corrected chi connectivity index (χ4v) is 4.07. The van der Waals surface area contributed by atoms with Crippen LogP contribution in [0.5, 0.6) is 0 Å². The number of rotatable bonds is 2. The van der Waals surface area contributed by atoms with Crippen LogP contribution in [0.15, 0.2) is 18.2 Å². The Hall–Kier alpha value is -1.06. The Morgan fingerprint density at radius 1 is 1.25 bits per heavy atom. The summed E-state index contributed by atoms with van der Waals surface area (Å²) in [4.78, 5) is 5.17. The number of nitrogens with two attached hydrogens (primary N) is 1. The lowest BCUT2D eigenvalue weighted by molar-refractivity contribution is 0.102. The number of benzene rings is 1. The minimum absolute atomic E-state index is 0.636. The maximum Gasteiger partial charge on any atom is 0.0396 e. The SMILES string of the molecule is Cc1cc(CN)ccc1N1CCC2C(CCCN2C)C1. The van der Waals surface area contributed by atoms with Crippen molar-refractivity contribution in [2.75, 3.05) is 31.6 Å². The zero-order chi connectivity index (χ0) is 14.1. The Morgan fingerprint density at radius 2 is 2.10 bits per heavy atom. The highest BCUT2D eigenvalue weighted by Crippen LogP contribution is 2.33. The van der Waals surface area contributed by atoms with Crippen molar-refractivity contribution < 1.29 is 0 Å². The molecular weight excluding hydrogens is 246 g/mol. The Bertz CT molecular complexity index is 471. The number of anilines is 1. The zero-order valence-corrected chi connectivity index (χ0v) is 12.8. The summed E-state index contributed by atoms with van der Waals surface area (Å²) in [5, 5.41) is 0. The van der Waals surface area contributed by atoms with Crippen LogP contribution in [0.2, 0.25) is 0 Å². The number of aryl methyl sites for hydroxylation is 1. The topological polar surface area (TPSA) is 32.5 Å². The molecule has 0 spiro atoms. The van der Waals surface area contributed by atoms with Crippen LogP contribution in [0.25, 0.3) is 0 Å². The minimum atomic E-state index is 0.636. The van der Waals surface area contributed by atoms with Crippen molar-refractivity contribution in [1.82, 2.24) is 4.90 Å². The minimum Gasteiger partial charge on any atom is -0.371 e. The normalized spacial score (nSPS) is 27.4. The molecule has 2 aliphatic heterocycles. The maximum absolute atomic E-state index is 5.73. The molecule has 3 heteroatoms. The first-order valence-electron chi connectivity index (χ1n) is 7.94. The molecule has 2 aliphatic rings. The molecule has 0 radical (unpaired) electrons. The van der Waals surface area contributed by atoms with Gasteiger partial charge in [-0.2, -0.15) is 0 Å². The summed E-state index contributed by atoms with van der Waals surface area (Å²) >= 11 is 0. The molecule has 2 unspecified atom stereocenters. The molecule has 2 saturated heterocycles. The van der Waals surface area contributed by atoms with E-state index in [1.54, 1.807) is 0 Å². The van der Waals surface area contributed by atoms with Gasteiger partial charge in [-0.15, -0.1) is 0 Å². The van der Waals surface area contributed by atoms with Crippen molar-refractivity contribution >= 4 is 5.69 Å². The highest BCUT2D eigenvalue weighted by molar-refractivity contribution is 5.55. The van der Waals surface area contributed by atoms with E-state index in [1.165, 1.54) is 55.7 Å². The predicted octanol–water partition coefficient (Wildman–Crippen LogP) is 2.37. The number of hydrogen-bond donors (Lipinski definition) is 1. The molecule has 0 aromatic heterocycles. The fourth-order valence-electron chi connectivity index (χ4n) is 4.07. The Labute approximate surface area is 122 Å². The van der Waals surface area contributed by atoms with Crippen molar-refractivity contribution in [1.29, 1.82) is 0 Å². The van der Waals surface area contributed by atoms with E-state index >= 15 is 0 Å². The molecule has 0 aliphatic carbocycles. The van der Waals surface area contributed by atoms with E-state index in [4.69, 9.17) is 5.73 Å². The third kappa shape index (κ3) is 2.57. The summed E-state index contributed by atoms with van der Waals surface area (Å²) in [5.74, 6) is 0.844. The van der Waals surface area contributed by atoms with Crippen LogP contribution in [-0.4, -0.2) is 37.6 Å². The average Bonchev–Trinajstić information content (AvgIpc) is 2.47. The molecule has 110 valence electrons. The fraction of sp³-hybridized carbons (Fsp3) is 0.647. The highest BCUT2D eigenvalue weighted by atomic mass is 15.2. The second-order valence-corrected chi connectivity index (χ2v) is 6.51. The first kappa shape index (κ1) is 13.9. The maximum atomic E-state index is 5.73. The summed E-state index contributed by atoms with van der Waals surface area (Å²) in [6.45, 7) is 6.54. The summed E-state index contributed by atoms with van der Waals surface area (Å²) in [5.41, 5.74) is 9.75. The van der Waals surface area contributed by atoms with Crippen molar-refractivity contribution in [2.45, 2.75) is 38.8 Å². The van der Waals surface area contributed by atoms with Crippen molar-refractivity contribution in [3.8, 4) is 0 Å². The molecule has 2 fully saturated rings. The molecule has 1 aromatic carbocycles. The lowest BCUT2D eigenvalue weighted by Crippen LogP contribution is -2.52. The third-order valence-corrected chi connectivity index (χ3v) is 5.18. The van der Waals surface area contributed by atoms with Gasteiger partial charge in [-0.25, -0.2) is 0 Å². The first-order valence-corrected chi connectivity index (χ1v) is 7.94. The first-order chi connectivity index (χ1) is 9.69. The van der Waals surface area contributed by atoms with Crippen LogP contribution >= 0.6 is 0 Å². The van der Waals surface area contributed by atoms with Gasteiger partial charge in [0.05, 0.1) is 0 Å². The van der Waals surface area contributed by atoms with E-state index in [2.05, 4.69) is 42.0 Å². The van der Waals surface area contributed by atoms with Gasteiger partial charge in [0.25, 0.3) is 0 Å². The van der Waals surface area contributed by atoms with Gasteiger partial charge in [-0.1, -0.05) is 12.1 Å². The van der Waals surface area contributed by atoms with E-state index in [0.29, 0.717) is 6.54 Å². The van der Waals surface area contributed by atoms with Gasteiger partial charge in [0, 0.05) is 31.4 Å². The molecule has 2 atom stereocenters. The number of fused-ring (bicyclic) bond motifs is 1. The van der Waals surface area contributed by atoms with Crippen molar-refractivity contribution in [3.05, 3.63) is 29.3 Å². The monoisotopic (exact) mass is 273 g/mol. The van der Waals surface area contributed by atoms with Gasteiger partial charge in [-0.3, -0.25) is 0 Å². The zero-order valence-electron chi connectivity index (χ0n) is 12.8. The number of likely N-dealkylation sites (tertiary alicyclic amines) is 1. The second-order valence-electron chi connectivity index (χ2n) is 6.51. The lowest BCUT2D eigenvalue weighted by Gasteiger charge is -2.47. The standard InChI is InChI=1S/C17H27N3/c1-13-10-14(11-18)5-6-16(13)20-9-7-17-15(12-20)4-3-8-19(17)2/h5-6,10,15,17H,3-4,7-9,11-12,18H2,1-2H3. The van der Waals surface area contributed by atoms with Crippen molar-refractivity contribution in [2.24, 2.45) is 11.7 Å². The third-order valence-electron chi connectivity index (χ3n) is 5.18. The number of piperidine rings is 2. The van der Waals surface area contributed by atoms with Crippen LogP contribution in [0.4, 0.5) is 5.69 Å². The molecular formula is C17H27N3. The number of nitrogens with zero attached hydrogens (tertiary/aromatic N) is 2. The van der Waals surface area contributed by atoms with Gasteiger partial charge in [-0.05, 0) is 62.9 Å². The van der Waals surface area contributed by atoms with Gasteiger partial charge >= 0.3 is 0 Å². The molecule has 20 heavy (non-hydrogen) atoms. The van der Waals surface area contributed by atoms with Gasteiger partial charge in [0.2, 0.25) is 0 Å². The molecule has 0 saturated carbocycles. The molecule has 3 nitrogen and oxygen atoms in total. The number of hydrogen-bond acceptors (Lipinski definition) is 3. The Balaban J connectivity index is 1.76. The van der Waals surface area contributed by atoms with E-state index in [1.807, 2.05) is 0 Å². The van der Waals surface area contributed by atoms with Crippen LogP contribution < -0.4 is 10.6 Å². The van der Waals surface area contributed by atoms with E-state index in [0.717, 1.165) is 12.0 Å². The Morgan fingerprint density at radius 3 is 2.85 bits per heavy atom. The molecule has 2 N–H and O–H groups in total. The smallest absolute Gasteiger partial charge is 0.0396 e. The predicted molar refractivity (Wildman–Crippen MR) is 85.0 cm³/mol. The largest absolute Gasteiger partial charge is 0.371 e. The van der Waals surface area contributed by atoms with Gasteiger partial charge in [0.15, 0.2) is 0 Å². The molecule has 0 bridgehead atoms. The van der Waals surface area contributed by atoms with Crippen LogP contribution in [0, 0.1) is 12.8 Å². The quantitative estimate of drug-likeness (QED) is 0.898.